The molecule has 3 rings (SSSR count). The number of hydrogen-bond donors (Lipinski definition) is 1. The molecule has 0 atom stereocenters. The van der Waals surface area contributed by atoms with E-state index in [1.165, 1.54) is 13.2 Å². The number of carbonyl (C=O) groups is 2. The zero-order valence-corrected chi connectivity index (χ0v) is 13.4. The van der Waals surface area contributed by atoms with E-state index >= 15 is 0 Å². The van der Waals surface area contributed by atoms with Gasteiger partial charge in [-0.1, -0.05) is 12.1 Å². The number of amides is 1. The van der Waals surface area contributed by atoms with E-state index in [1.54, 1.807) is 18.2 Å². The number of carbonyl (C=O) groups excluding carboxylic acids is 2. The molecular weight excluding hydrogens is 306 g/mol. The van der Waals surface area contributed by atoms with E-state index in [1.807, 2.05) is 35.7 Å². The third-order valence-corrected chi connectivity index (χ3v) is 3.72. The number of benzene rings is 1. The highest BCUT2D eigenvalue weighted by atomic mass is 16.5. The molecule has 0 saturated heterocycles. The van der Waals surface area contributed by atoms with Gasteiger partial charge in [-0.15, -0.1) is 0 Å². The van der Waals surface area contributed by atoms with E-state index in [4.69, 9.17) is 0 Å². The van der Waals surface area contributed by atoms with E-state index in [0.717, 1.165) is 17.0 Å². The smallest absolute Gasteiger partial charge is 0.337 e. The molecule has 0 unspecified atom stereocenters. The van der Waals surface area contributed by atoms with Gasteiger partial charge in [0.1, 0.15) is 5.65 Å². The standard InChI is InChI=1S/C18H17N3O3/c1-12-5-3-8-16-20-15(11-21(12)16)10-19-17(22)13-6-4-7-14(9-13)18(23)24-2/h3-9,11H,10H2,1-2H3,(H,19,22). The second kappa shape index (κ2) is 6.54. The van der Waals surface area contributed by atoms with Gasteiger partial charge >= 0.3 is 5.97 Å². The van der Waals surface area contributed by atoms with Crippen LogP contribution in [0.5, 0.6) is 0 Å². The molecule has 0 aliphatic carbocycles. The molecule has 0 aliphatic rings. The average molecular weight is 323 g/mol. The third-order valence-electron chi connectivity index (χ3n) is 3.72. The highest BCUT2D eigenvalue weighted by Gasteiger charge is 2.11. The van der Waals surface area contributed by atoms with Crippen LogP contribution in [-0.2, 0) is 11.3 Å². The Balaban J connectivity index is 1.73. The summed E-state index contributed by atoms with van der Waals surface area (Å²) in [6.45, 7) is 2.30. The molecule has 2 aromatic heterocycles. The molecule has 24 heavy (non-hydrogen) atoms. The normalized spacial score (nSPS) is 10.6. The van der Waals surface area contributed by atoms with Crippen LogP contribution in [0.2, 0.25) is 0 Å². The van der Waals surface area contributed by atoms with Crippen LogP contribution in [0.4, 0.5) is 0 Å². The summed E-state index contributed by atoms with van der Waals surface area (Å²) >= 11 is 0. The van der Waals surface area contributed by atoms with Crippen molar-refractivity contribution < 1.29 is 14.3 Å². The zero-order chi connectivity index (χ0) is 17.1. The Hall–Kier alpha value is -3.15. The molecule has 2 heterocycles. The van der Waals surface area contributed by atoms with E-state index in [9.17, 15) is 9.59 Å². The number of nitrogens with one attached hydrogen (secondary N) is 1. The fourth-order valence-electron chi connectivity index (χ4n) is 2.46. The number of hydrogen-bond acceptors (Lipinski definition) is 4. The van der Waals surface area contributed by atoms with Crippen molar-refractivity contribution in [2.45, 2.75) is 13.5 Å². The number of fused-ring (bicyclic) bond motifs is 1. The molecule has 1 amide bonds. The number of imidazole rings is 1. The first-order valence-corrected chi connectivity index (χ1v) is 7.48. The third kappa shape index (κ3) is 3.12. The summed E-state index contributed by atoms with van der Waals surface area (Å²) in [7, 11) is 1.31. The maximum Gasteiger partial charge on any atom is 0.337 e. The minimum atomic E-state index is -0.472. The molecule has 6 nitrogen and oxygen atoms in total. The average Bonchev–Trinajstić information content (AvgIpc) is 3.03. The number of pyridine rings is 1. The molecular formula is C18H17N3O3. The van der Waals surface area contributed by atoms with Gasteiger partial charge in [0.25, 0.3) is 5.91 Å². The van der Waals surface area contributed by atoms with Crippen molar-refractivity contribution in [3.63, 3.8) is 0 Å². The molecule has 6 heteroatoms. The molecule has 1 N–H and O–H groups in total. The Morgan fingerprint density at radius 1 is 1.17 bits per heavy atom. The lowest BCUT2D eigenvalue weighted by Crippen LogP contribution is -2.23. The van der Waals surface area contributed by atoms with E-state index < -0.39 is 5.97 Å². The lowest BCUT2D eigenvalue weighted by Gasteiger charge is -2.05. The predicted octanol–water partition coefficient (Wildman–Crippen LogP) is 2.36. The monoisotopic (exact) mass is 323 g/mol. The van der Waals surface area contributed by atoms with Crippen LogP contribution in [0.3, 0.4) is 0 Å². The van der Waals surface area contributed by atoms with Crippen molar-refractivity contribution in [1.82, 2.24) is 14.7 Å². The number of esters is 1. The Morgan fingerprint density at radius 2 is 1.92 bits per heavy atom. The highest BCUT2D eigenvalue weighted by molar-refractivity contribution is 5.97. The number of nitrogens with zero attached hydrogens (tertiary/aromatic N) is 2. The highest BCUT2D eigenvalue weighted by Crippen LogP contribution is 2.10. The number of ether oxygens (including phenoxy) is 1. The second-order valence-electron chi connectivity index (χ2n) is 5.38. The van der Waals surface area contributed by atoms with Crippen LogP contribution in [0.25, 0.3) is 5.65 Å². The van der Waals surface area contributed by atoms with Gasteiger partial charge in [0.15, 0.2) is 0 Å². The van der Waals surface area contributed by atoms with Gasteiger partial charge in [-0.05, 0) is 37.3 Å². The molecule has 0 spiro atoms. The van der Waals surface area contributed by atoms with E-state index in [-0.39, 0.29) is 5.91 Å². The van der Waals surface area contributed by atoms with Gasteiger partial charge in [0.2, 0.25) is 0 Å². The van der Waals surface area contributed by atoms with Crippen LogP contribution < -0.4 is 5.32 Å². The maximum atomic E-state index is 12.3. The van der Waals surface area contributed by atoms with E-state index in [2.05, 4.69) is 15.0 Å². The molecule has 1 aromatic carbocycles. The number of rotatable bonds is 4. The Kier molecular flexibility index (Phi) is 4.29. The fraction of sp³-hybridized carbons (Fsp3) is 0.167. The van der Waals surface area contributed by atoms with Crippen molar-refractivity contribution >= 4 is 17.5 Å². The molecule has 0 aliphatic heterocycles. The number of methoxy groups -OCH3 is 1. The lowest BCUT2D eigenvalue weighted by atomic mass is 10.1. The lowest BCUT2D eigenvalue weighted by molar-refractivity contribution is 0.0600. The molecule has 0 saturated carbocycles. The van der Waals surface area contributed by atoms with Gasteiger partial charge in [0, 0.05) is 17.5 Å². The Labute approximate surface area is 139 Å². The van der Waals surface area contributed by atoms with Crippen molar-refractivity contribution in [2.75, 3.05) is 7.11 Å². The van der Waals surface area contributed by atoms with Gasteiger partial charge in [-0.25, -0.2) is 9.78 Å². The largest absolute Gasteiger partial charge is 0.465 e. The molecule has 3 aromatic rings. The summed E-state index contributed by atoms with van der Waals surface area (Å²) in [5.41, 5.74) is 3.42. The van der Waals surface area contributed by atoms with Gasteiger partial charge in [-0.2, -0.15) is 0 Å². The summed E-state index contributed by atoms with van der Waals surface area (Å²) in [5, 5.41) is 2.81. The zero-order valence-electron chi connectivity index (χ0n) is 13.4. The fourth-order valence-corrected chi connectivity index (χ4v) is 2.46. The molecule has 0 radical (unpaired) electrons. The first kappa shape index (κ1) is 15.7. The first-order valence-electron chi connectivity index (χ1n) is 7.48. The van der Waals surface area contributed by atoms with Crippen LogP contribution >= 0.6 is 0 Å². The predicted molar refractivity (Wildman–Crippen MR) is 88.9 cm³/mol. The number of aromatic nitrogens is 2. The molecule has 0 bridgehead atoms. The Morgan fingerprint density at radius 3 is 2.67 bits per heavy atom. The summed E-state index contributed by atoms with van der Waals surface area (Å²) in [4.78, 5) is 28.3. The summed E-state index contributed by atoms with van der Waals surface area (Å²) in [6, 6.07) is 12.3. The van der Waals surface area contributed by atoms with Gasteiger partial charge in [-0.3, -0.25) is 4.79 Å². The van der Waals surface area contributed by atoms with Crippen LogP contribution in [0, 0.1) is 6.92 Å². The van der Waals surface area contributed by atoms with Gasteiger partial charge < -0.3 is 14.5 Å². The Bertz CT molecular complexity index is 915. The van der Waals surface area contributed by atoms with E-state index in [0.29, 0.717) is 17.7 Å². The molecule has 122 valence electrons. The topological polar surface area (TPSA) is 72.7 Å². The van der Waals surface area contributed by atoms with Crippen LogP contribution in [0.15, 0.2) is 48.7 Å². The van der Waals surface area contributed by atoms with Crippen molar-refractivity contribution in [2.24, 2.45) is 0 Å². The minimum absolute atomic E-state index is 0.269. The quantitative estimate of drug-likeness (QED) is 0.748. The summed E-state index contributed by atoms with van der Waals surface area (Å²) in [6.07, 6.45) is 1.90. The second-order valence-corrected chi connectivity index (χ2v) is 5.38. The van der Waals surface area contributed by atoms with Crippen LogP contribution in [-0.4, -0.2) is 28.4 Å². The van der Waals surface area contributed by atoms with Crippen molar-refractivity contribution in [3.8, 4) is 0 Å². The minimum Gasteiger partial charge on any atom is -0.465 e. The number of aryl methyl sites for hydroxylation is 1. The molecule has 0 fully saturated rings. The maximum absolute atomic E-state index is 12.3. The van der Waals surface area contributed by atoms with Crippen molar-refractivity contribution in [3.05, 3.63) is 71.2 Å². The van der Waals surface area contributed by atoms with Crippen molar-refractivity contribution in [1.29, 1.82) is 0 Å². The SMILES string of the molecule is COC(=O)c1cccc(C(=O)NCc2cn3c(C)cccc3n2)c1. The summed E-state index contributed by atoms with van der Waals surface area (Å²) < 4.78 is 6.63. The first-order chi connectivity index (χ1) is 11.6. The van der Waals surface area contributed by atoms with Gasteiger partial charge in [0.05, 0.1) is 24.9 Å². The summed E-state index contributed by atoms with van der Waals surface area (Å²) in [5.74, 6) is -0.741. The van der Waals surface area contributed by atoms with Crippen LogP contribution in [0.1, 0.15) is 32.1 Å².